The molecule has 0 aliphatic heterocycles. The Hall–Kier alpha value is -1.79. The van der Waals surface area contributed by atoms with Crippen molar-refractivity contribution in [2.45, 2.75) is 33.6 Å². The van der Waals surface area contributed by atoms with Crippen LogP contribution in [0.4, 0.5) is 4.79 Å². The second-order valence-electron chi connectivity index (χ2n) is 4.73. The molecule has 0 bridgehead atoms. The summed E-state index contributed by atoms with van der Waals surface area (Å²) in [6, 6.07) is -0.430. The zero-order chi connectivity index (χ0) is 15.5. The lowest BCUT2D eigenvalue weighted by atomic mass is 9.96. The SMILES string of the molecule is CCOC(=O)CCCNC(=O)NCC(C(=O)O)C(C)C. The third kappa shape index (κ3) is 8.34. The van der Waals surface area contributed by atoms with Gasteiger partial charge >= 0.3 is 18.0 Å². The van der Waals surface area contributed by atoms with Crippen molar-refractivity contribution < 1.29 is 24.2 Å². The van der Waals surface area contributed by atoms with Crippen molar-refractivity contribution >= 4 is 18.0 Å². The maximum Gasteiger partial charge on any atom is 0.314 e. The Balaban J connectivity index is 3.78. The molecule has 0 aliphatic carbocycles. The fourth-order valence-corrected chi connectivity index (χ4v) is 1.54. The Labute approximate surface area is 119 Å². The van der Waals surface area contributed by atoms with Gasteiger partial charge in [-0.15, -0.1) is 0 Å². The molecule has 7 heteroatoms. The molecule has 0 aliphatic rings. The van der Waals surface area contributed by atoms with Crippen molar-refractivity contribution in [3.63, 3.8) is 0 Å². The number of carboxylic acids is 1. The zero-order valence-corrected chi connectivity index (χ0v) is 12.3. The van der Waals surface area contributed by atoms with Crippen LogP contribution in [0.15, 0.2) is 0 Å². The highest BCUT2D eigenvalue weighted by Crippen LogP contribution is 2.09. The number of urea groups is 1. The number of hydrogen-bond donors (Lipinski definition) is 3. The third-order valence-electron chi connectivity index (χ3n) is 2.75. The minimum absolute atomic E-state index is 0.0587. The van der Waals surface area contributed by atoms with Gasteiger partial charge in [0.25, 0.3) is 0 Å². The molecule has 0 radical (unpaired) electrons. The van der Waals surface area contributed by atoms with E-state index in [1.165, 1.54) is 0 Å². The zero-order valence-electron chi connectivity index (χ0n) is 12.3. The third-order valence-corrected chi connectivity index (χ3v) is 2.75. The van der Waals surface area contributed by atoms with Crippen molar-refractivity contribution in [3.05, 3.63) is 0 Å². The fourth-order valence-electron chi connectivity index (χ4n) is 1.54. The van der Waals surface area contributed by atoms with E-state index >= 15 is 0 Å². The van der Waals surface area contributed by atoms with Crippen LogP contribution in [0.1, 0.15) is 33.6 Å². The molecule has 0 saturated heterocycles. The summed E-state index contributed by atoms with van der Waals surface area (Å²) in [6.07, 6.45) is 0.733. The first-order chi connectivity index (χ1) is 9.38. The van der Waals surface area contributed by atoms with Gasteiger partial charge < -0.3 is 20.5 Å². The molecule has 0 aromatic rings. The maximum atomic E-state index is 11.4. The van der Waals surface area contributed by atoms with E-state index in [0.29, 0.717) is 19.6 Å². The standard InChI is InChI=1S/C13H24N2O5/c1-4-20-11(16)6-5-7-14-13(19)15-8-10(9(2)3)12(17)18/h9-10H,4-8H2,1-3H3,(H,17,18)(H2,14,15,19). The number of hydrogen-bond acceptors (Lipinski definition) is 4. The maximum absolute atomic E-state index is 11.4. The highest BCUT2D eigenvalue weighted by atomic mass is 16.5. The van der Waals surface area contributed by atoms with Gasteiger partial charge in [-0.1, -0.05) is 13.8 Å². The van der Waals surface area contributed by atoms with E-state index in [4.69, 9.17) is 9.84 Å². The lowest BCUT2D eigenvalue weighted by Crippen LogP contribution is -2.41. The molecule has 0 heterocycles. The number of amides is 2. The van der Waals surface area contributed by atoms with E-state index < -0.39 is 17.9 Å². The average molecular weight is 288 g/mol. The first kappa shape index (κ1) is 18.2. The van der Waals surface area contributed by atoms with Crippen molar-refractivity contribution in [3.8, 4) is 0 Å². The number of aliphatic carboxylic acids is 1. The van der Waals surface area contributed by atoms with Gasteiger partial charge in [0.2, 0.25) is 0 Å². The molecular weight excluding hydrogens is 264 g/mol. The van der Waals surface area contributed by atoms with Gasteiger partial charge in [0.15, 0.2) is 0 Å². The van der Waals surface area contributed by atoms with Crippen molar-refractivity contribution in [2.75, 3.05) is 19.7 Å². The second-order valence-corrected chi connectivity index (χ2v) is 4.73. The molecule has 2 amide bonds. The smallest absolute Gasteiger partial charge is 0.314 e. The van der Waals surface area contributed by atoms with Crippen LogP contribution in [0.2, 0.25) is 0 Å². The summed E-state index contributed by atoms with van der Waals surface area (Å²) in [4.78, 5) is 33.4. The lowest BCUT2D eigenvalue weighted by molar-refractivity contribution is -0.144. The highest BCUT2D eigenvalue weighted by molar-refractivity contribution is 5.76. The molecule has 0 spiro atoms. The number of carbonyl (C=O) groups is 3. The normalized spacial score (nSPS) is 11.8. The lowest BCUT2D eigenvalue weighted by Gasteiger charge is -2.16. The quantitative estimate of drug-likeness (QED) is 0.433. The van der Waals surface area contributed by atoms with E-state index in [1.807, 2.05) is 0 Å². The average Bonchev–Trinajstić information content (AvgIpc) is 2.34. The summed E-state index contributed by atoms with van der Waals surface area (Å²) in [5, 5.41) is 14.0. The van der Waals surface area contributed by atoms with E-state index in [-0.39, 0.29) is 24.9 Å². The first-order valence-electron chi connectivity index (χ1n) is 6.78. The van der Waals surface area contributed by atoms with Crippen LogP contribution < -0.4 is 10.6 Å². The van der Waals surface area contributed by atoms with Crippen molar-refractivity contribution in [2.24, 2.45) is 11.8 Å². The van der Waals surface area contributed by atoms with Crippen molar-refractivity contribution in [1.29, 1.82) is 0 Å². The van der Waals surface area contributed by atoms with E-state index in [1.54, 1.807) is 20.8 Å². The molecular formula is C13H24N2O5. The molecule has 1 atom stereocenters. The van der Waals surface area contributed by atoms with Gasteiger partial charge in [0.05, 0.1) is 12.5 Å². The Kier molecular flexibility index (Phi) is 9.15. The predicted molar refractivity (Wildman–Crippen MR) is 73.2 cm³/mol. The van der Waals surface area contributed by atoms with Gasteiger partial charge in [-0.25, -0.2) is 4.79 Å². The summed E-state index contributed by atoms with van der Waals surface area (Å²) in [5.74, 6) is -1.89. The Morgan fingerprint density at radius 3 is 2.35 bits per heavy atom. The molecule has 0 aromatic heterocycles. The number of rotatable bonds is 9. The number of nitrogens with one attached hydrogen (secondary N) is 2. The van der Waals surface area contributed by atoms with Crippen LogP contribution in [-0.2, 0) is 14.3 Å². The Morgan fingerprint density at radius 1 is 1.20 bits per heavy atom. The summed E-state index contributed by atoms with van der Waals surface area (Å²) in [7, 11) is 0. The van der Waals surface area contributed by atoms with Gasteiger partial charge in [0, 0.05) is 19.5 Å². The van der Waals surface area contributed by atoms with Gasteiger partial charge in [0.1, 0.15) is 0 Å². The summed E-state index contributed by atoms with van der Waals surface area (Å²) < 4.78 is 4.75. The molecule has 0 aromatic carbocycles. The van der Waals surface area contributed by atoms with Crippen LogP contribution in [0.5, 0.6) is 0 Å². The molecule has 3 N–H and O–H groups in total. The second kappa shape index (κ2) is 10.1. The molecule has 20 heavy (non-hydrogen) atoms. The van der Waals surface area contributed by atoms with Crippen LogP contribution in [0, 0.1) is 11.8 Å². The van der Waals surface area contributed by atoms with Gasteiger partial charge in [-0.2, -0.15) is 0 Å². The topological polar surface area (TPSA) is 105 Å². The van der Waals surface area contributed by atoms with E-state index in [2.05, 4.69) is 10.6 Å². The number of esters is 1. The fraction of sp³-hybridized carbons (Fsp3) is 0.769. The number of ether oxygens (including phenoxy) is 1. The molecule has 7 nitrogen and oxygen atoms in total. The Morgan fingerprint density at radius 2 is 1.85 bits per heavy atom. The van der Waals surface area contributed by atoms with Gasteiger partial charge in [-0.3, -0.25) is 9.59 Å². The molecule has 0 fully saturated rings. The van der Waals surface area contributed by atoms with Gasteiger partial charge in [-0.05, 0) is 19.3 Å². The van der Waals surface area contributed by atoms with Crippen molar-refractivity contribution in [1.82, 2.24) is 10.6 Å². The monoisotopic (exact) mass is 288 g/mol. The molecule has 1 unspecified atom stereocenters. The highest BCUT2D eigenvalue weighted by Gasteiger charge is 2.21. The van der Waals surface area contributed by atoms with E-state index in [9.17, 15) is 14.4 Å². The number of carbonyl (C=O) groups excluding carboxylic acids is 2. The summed E-state index contributed by atoms with van der Waals surface area (Å²) >= 11 is 0. The molecule has 116 valence electrons. The Bertz CT molecular complexity index is 331. The first-order valence-corrected chi connectivity index (χ1v) is 6.78. The summed E-state index contributed by atoms with van der Waals surface area (Å²) in [5.41, 5.74) is 0. The van der Waals surface area contributed by atoms with Crippen LogP contribution in [0.25, 0.3) is 0 Å². The largest absolute Gasteiger partial charge is 0.481 e. The van der Waals surface area contributed by atoms with E-state index in [0.717, 1.165) is 0 Å². The minimum atomic E-state index is -0.928. The molecule has 0 rings (SSSR count). The molecule has 0 saturated carbocycles. The number of carboxylic acid groups (broad SMARTS) is 1. The predicted octanol–water partition coefficient (Wildman–Crippen LogP) is 0.986. The van der Waals surface area contributed by atoms with Crippen LogP contribution in [-0.4, -0.2) is 42.8 Å². The van der Waals surface area contributed by atoms with Crippen LogP contribution >= 0.6 is 0 Å². The minimum Gasteiger partial charge on any atom is -0.481 e. The summed E-state index contributed by atoms with van der Waals surface area (Å²) in [6.45, 7) is 6.08. The van der Waals surface area contributed by atoms with Crippen LogP contribution in [0.3, 0.4) is 0 Å².